The van der Waals surface area contributed by atoms with Crippen molar-refractivity contribution in [3.05, 3.63) is 199 Å². The number of nitrogens with zero attached hydrogens (tertiary/aromatic N) is 4. The molecule has 2 fully saturated rings. The quantitative estimate of drug-likeness (QED) is 0.0520. The van der Waals surface area contributed by atoms with Crippen LogP contribution in [0, 0.1) is 20.2 Å². The average molecular weight is 909 g/mol. The molecule has 10 rings (SSSR count). The third-order valence-electron chi connectivity index (χ3n) is 12.1. The predicted molar refractivity (Wildman–Crippen MR) is 259 cm³/mol. The zero-order chi connectivity index (χ0) is 47.3. The van der Waals surface area contributed by atoms with Gasteiger partial charge in [0.05, 0.1) is 32.4 Å². The van der Waals surface area contributed by atoms with E-state index in [0.717, 1.165) is 59.6 Å². The minimum atomic E-state index is -0.473. The Hall–Kier alpha value is -8.92. The summed E-state index contributed by atoms with van der Waals surface area (Å²) in [6.07, 6.45) is 2.97. The lowest BCUT2D eigenvalue weighted by molar-refractivity contribution is -0.385. The van der Waals surface area contributed by atoms with E-state index in [4.69, 9.17) is 0 Å². The highest BCUT2D eigenvalue weighted by atomic mass is 16.6. The molecule has 0 aromatic heterocycles. The lowest BCUT2D eigenvalue weighted by atomic mass is 9.99. The number of benzene rings is 6. The van der Waals surface area contributed by atoms with Gasteiger partial charge in [0.15, 0.2) is 0 Å². The first-order chi connectivity index (χ1) is 33.0. The Morgan fingerprint density at radius 1 is 0.515 bits per heavy atom. The van der Waals surface area contributed by atoms with Gasteiger partial charge in [0.2, 0.25) is 11.8 Å². The van der Waals surface area contributed by atoms with Crippen LogP contribution < -0.4 is 21.3 Å². The highest BCUT2D eigenvalue weighted by Gasteiger charge is 2.32. The van der Waals surface area contributed by atoms with Gasteiger partial charge in [-0.1, -0.05) is 84.9 Å². The molecule has 4 amide bonds. The molecule has 0 aliphatic carbocycles. The van der Waals surface area contributed by atoms with E-state index in [0.29, 0.717) is 71.0 Å². The standard InChI is InChI=1S/2C26H22N4O4/c31-23-10-5-13-29(23)16-17-6-4-9-19(14-17)27-25(18-7-2-1-3-8-18)24-21-15-20(30(33)34)11-12-22(21)28-26(24)32;31-23-7-4-14-29(23)16-17-8-10-19(11-9-17)27-25(18-5-2-1-3-6-18)24-21-15-20(30(33)34)12-13-22(21)28-26(24)32/h1-4,6-9,11-12,14-15,27H,5,10,13,16H2,(H,28,32);1-3,5-6,8-13,15,27H,4,7,14,16H2,(H,28,32). The molecule has 0 bridgehead atoms. The highest BCUT2D eigenvalue weighted by molar-refractivity contribution is 6.38. The number of rotatable bonds is 12. The molecule has 16 nitrogen and oxygen atoms in total. The van der Waals surface area contributed by atoms with Gasteiger partial charge < -0.3 is 31.1 Å². The topological polar surface area (TPSA) is 209 Å². The zero-order valence-electron chi connectivity index (χ0n) is 36.6. The summed E-state index contributed by atoms with van der Waals surface area (Å²) in [4.78, 5) is 75.4. The predicted octanol–water partition coefficient (Wildman–Crippen LogP) is 9.30. The molecule has 6 aromatic carbocycles. The molecule has 0 saturated carbocycles. The molecule has 16 heteroatoms. The maximum atomic E-state index is 13.0. The second-order valence-corrected chi connectivity index (χ2v) is 16.6. The smallest absolute Gasteiger partial charge is 0.270 e. The summed E-state index contributed by atoms with van der Waals surface area (Å²) >= 11 is 0. The van der Waals surface area contributed by atoms with Crippen LogP contribution in [-0.2, 0) is 32.3 Å². The van der Waals surface area contributed by atoms with Crippen molar-refractivity contribution in [3.8, 4) is 0 Å². The minimum Gasteiger partial charge on any atom is -0.354 e. The SMILES string of the molecule is O=C1Nc2ccc([N+](=O)[O-])cc2C1=C(Nc1ccc(CN2CCCC2=O)cc1)c1ccccc1.O=C1Nc2ccc([N+](=O)[O-])cc2C1=C(Nc1cccc(CN2CCCC2=O)c1)c1ccccc1. The van der Waals surface area contributed by atoms with Crippen LogP contribution in [0.5, 0.6) is 0 Å². The largest absolute Gasteiger partial charge is 0.354 e. The second-order valence-electron chi connectivity index (χ2n) is 16.6. The summed E-state index contributed by atoms with van der Waals surface area (Å²) in [5.74, 6) is -0.323. The Bertz CT molecular complexity index is 3060. The van der Waals surface area contributed by atoms with Crippen molar-refractivity contribution in [2.75, 3.05) is 34.4 Å². The molecule has 4 aliphatic heterocycles. The Labute approximate surface area is 390 Å². The van der Waals surface area contributed by atoms with Crippen molar-refractivity contribution in [1.82, 2.24) is 9.80 Å². The normalized spacial score (nSPS) is 16.3. The van der Waals surface area contributed by atoms with Gasteiger partial charge in [-0.2, -0.15) is 0 Å². The van der Waals surface area contributed by atoms with Gasteiger partial charge in [0.1, 0.15) is 0 Å². The van der Waals surface area contributed by atoms with Crippen LogP contribution in [0.15, 0.2) is 146 Å². The van der Waals surface area contributed by atoms with Crippen molar-refractivity contribution in [1.29, 1.82) is 0 Å². The number of non-ortho nitro benzene ring substituents is 2. The number of nitrogens with one attached hydrogen (secondary N) is 4. The fourth-order valence-electron chi connectivity index (χ4n) is 8.71. The summed E-state index contributed by atoms with van der Waals surface area (Å²) in [7, 11) is 0. The van der Waals surface area contributed by atoms with E-state index in [2.05, 4.69) is 21.3 Å². The number of hydrogen-bond acceptors (Lipinski definition) is 10. The fourth-order valence-corrected chi connectivity index (χ4v) is 8.71. The lowest BCUT2D eigenvalue weighted by Crippen LogP contribution is -2.23. The van der Waals surface area contributed by atoms with Gasteiger partial charge in [-0.05, 0) is 71.5 Å². The molecule has 4 heterocycles. The number of carbonyl (C=O) groups excluding carboxylic acids is 4. The van der Waals surface area contributed by atoms with Crippen LogP contribution in [0.25, 0.3) is 22.5 Å². The molecule has 68 heavy (non-hydrogen) atoms. The summed E-state index contributed by atoms with van der Waals surface area (Å²) in [5, 5.41) is 35.1. The number of hydrogen-bond donors (Lipinski definition) is 4. The van der Waals surface area contributed by atoms with Gasteiger partial charge >= 0.3 is 0 Å². The molecule has 2 saturated heterocycles. The maximum Gasteiger partial charge on any atom is 0.270 e. The number of likely N-dealkylation sites (tertiary alicyclic amines) is 2. The van der Waals surface area contributed by atoms with E-state index in [1.807, 2.05) is 119 Å². The van der Waals surface area contributed by atoms with Crippen molar-refractivity contribution in [2.24, 2.45) is 0 Å². The maximum absolute atomic E-state index is 13.0. The number of fused-ring (bicyclic) bond motifs is 2. The number of nitro benzene ring substituents is 2. The van der Waals surface area contributed by atoms with Crippen LogP contribution in [-0.4, -0.2) is 56.4 Å². The van der Waals surface area contributed by atoms with E-state index >= 15 is 0 Å². The van der Waals surface area contributed by atoms with Crippen molar-refractivity contribution < 1.29 is 29.0 Å². The van der Waals surface area contributed by atoms with E-state index < -0.39 is 9.85 Å². The third kappa shape index (κ3) is 9.55. The molecule has 340 valence electrons. The first kappa shape index (κ1) is 44.3. The monoisotopic (exact) mass is 908 g/mol. The third-order valence-corrected chi connectivity index (χ3v) is 12.1. The minimum absolute atomic E-state index is 0.0824. The van der Waals surface area contributed by atoms with Crippen LogP contribution in [0.1, 0.15) is 59.1 Å². The molecule has 4 N–H and O–H groups in total. The molecule has 0 spiro atoms. The fraction of sp³-hybridized carbons (Fsp3) is 0.154. The molecule has 6 aromatic rings. The lowest BCUT2D eigenvalue weighted by Gasteiger charge is -2.18. The van der Waals surface area contributed by atoms with E-state index in [1.165, 1.54) is 24.3 Å². The van der Waals surface area contributed by atoms with Crippen molar-refractivity contribution in [3.63, 3.8) is 0 Å². The van der Waals surface area contributed by atoms with E-state index in [-0.39, 0.29) is 35.0 Å². The van der Waals surface area contributed by atoms with Crippen molar-refractivity contribution in [2.45, 2.75) is 38.8 Å². The Morgan fingerprint density at radius 3 is 1.44 bits per heavy atom. The highest BCUT2D eigenvalue weighted by Crippen LogP contribution is 2.41. The van der Waals surface area contributed by atoms with Gasteiger partial charge in [0.25, 0.3) is 23.2 Å². The Morgan fingerprint density at radius 2 is 0.985 bits per heavy atom. The van der Waals surface area contributed by atoms with Gasteiger partial charge in [-0.3, -0.25) is 39.4 Å². The molecule has 0 atom stereocenters. The molecular weight excluding hydrogens is 865 g/mol. The van der Waals surface area contributed by atoms with Crippen LogP contribution in [0.4, 0.5) is 34.1 Å². The van der Waals surface area contributed by atoms with Crippen LogP contribution >= 0.6 is 0 Å². The summed E-state index contributed by atoms with van der Waals surface area (Å²) in [5.41, 5.74) is 8.70. The Balaban J connectivity index is 0.000000170. The number of anilines is 4. The molecular formula is C52H44N8O8. The number of nitro groups is 2. The first-order valence-electron chi connectivity index (χ1n) is 22.1. The zero-order valence-corrected chi connectivity index (χ0v) is 36.6. The number of carbonyl (C=O) groups is 4. The second kappa shape index (κ2) is 19.3. The van der Waals surface area contributed by atoms with Crippen LogP contribution in [0.2, 0.25) is 0 Å². The average Bonchev–Trinajstić information content (AvgIpc) is 4.12. The summed E-state index contributed by atoms with van der Waals surface area (Å²) < 4.78 is 0. The number of amides is 4. The van der Waals surface area contributed by atoms with E-state index in [1.54, 1.807) is 12.1 Å². The Kier molecular flexibility index (Phi) is 12.6. The molecule has 0 radical (unpaired) electrons. The molecule has 0 unspecified atom stereocenters. The van der Waals surface area contributed by atoms with Crippen LogP contribution in [0.3, 0.4) is 0 Å². The van der Waals surface area contributed by atoms with E-state index in [9.17, 15) is 39.4 Å². The van der Waals surface area contributed by atoms with Gasteiger partial charge in [0, 0.05) is 97.2 Å². The molecule has 4 aliphatic rings. The summed E-state index contributed by atoms with van der Waals surface area (Å²) in [6, 6.07) is 42.9. The summed E-state index contributed by atoms with van der Waals surface area (Å²) in [6.45, 7) is 2.64. The van der Waals surface area contributed by atoms with Gasteiger partial charge in [-0.25, -0.2) is 0 Å². The first-order valence-corrected chi connectivity index (χ1v) is 22.1. The van der Waals surface area contributed by atoms with Gasteiger partial charge in [-0.15, -0.1) is 0 Å². The van der Waals surface area contributed by atoms with Crippen molar-refractivity contribution >= 4 is 80.3 Å².